The lowest BCUT2D eigenvalue weighted by Crippen LogP contribution is -2.37. The number of imidazole rings is 1. The fourth-order valence-electron chi connectivity index (χ4n) is 4.70. The summed E-state index contributed by atoms with van der Waals surface area (Å²) in [5, 5.41) is 0. The average Bonchev–Trinajstić information content (AvgIpc) is 3.12. The molecule has 2 rings (SSSR count). The fourth-order valence-corrected chi connectivity index (χ4v) is 4.70. The lowest BCUT2D eigenvalue weighted by molar-refractivity contribution is 0.135. The van der Waals surface area contributed by atoms with Crippen LogP contribution in [0.3, 0.4) is 0 Å². The zero-order valence-electron chi connectivity index (χ0n) is 16.3. The SMILES string of the molecule is CCCCCCCCCCCCC1(n2ccnc2)CCCC(C)C1. The van der Waals surface area contributed by atoms with E-state index >= 15 is 0 Å². The third kappa shape index (κ3) is 6.26. The summed E-state index contributed by atoms with van der Waals surface area (Å²) >= 11 is 0. The molecule has 0 aromatic carbocycles. The smallest absolute Gasteiger partial charge is 0.0951 e. The standard InChI is InChI=1S/C22H40N2/c1-3-4-5-6-7-8-9-10-11-12-15-22(24-18-17-23-20-24)16-13-14-21(2)19-22/h17-18,20-21H,3-16,19H2,1-2H3. The summed E-state index contributed by atoms with van der Waals surface area (Å²) in [6.45, 7) is 4.73. The van der Waals surface area contributed by atoms with Gasteiger partial charge in [0, 0.05) is 17.9 Å². The van der Waals surface area contributed by atoms with Crippen LogP contribution in [-0.2, 0) is 5.54 Å². The van der Waals surface area contributed by atoms with Crippen molar-refractivity contribution >= 4 is 0 Å². The molecule has 1 aromatic rings. The van der Waals surface area contributed by atoms with E-state index in [1.165, 1.54) is 96.3 Å². The lowest BCUT2D eigenvalue weighted by Gasteiger charge is -2.41. The number of nitrogens with zero attached hydrogens (tertiary/aromatic N) is 2. The normalized spacial score (nSPS) is 24.3. The third-order valence-electron chi connectivity index (χ3n) is 6.12. The van der Waals surface area contributed by atoms with Crippen molar-refractivity contribution in [2.24, 2.45) is 5.92 Å². The molecule has 2 nitrogen and oxygen atoms in total. The van der Waals surface area contributed by atoms with Gasteiger partial charge in [-0.1, -0.05) is 90.9 Å². The highest BCUT2D eigenvalue weighted by Crippen LogP contribution is 2.41. The largest absolute Gasteiger partial charge is 0.331 e. The minimum atomic E-state index is 0.369. The molecular formula is C22H40N2. The second-order valence-corrected chi connectivity index (χ2v) is 8.33. The van der Waals surface area contributed by atoms with Gasteiger partial charge in [0.1, 0.15) is 0 Å². The van der Waals surface area contributed by atoms with Crippen LogP contribution in [0.25, 0.3) is 0 Å². The molecule has 2 unspecified atom stereocenters. The van der Waals surface area contributed by atoms with E-state index in [1.54, 1.807) is 0 Å². The van der Waals surface area contributed by atoms with E-state index < -0.39 is 0 Å². The Hall–Kier alpha value is -0.790. The Balaban J connectivity index is 1.63. The van der Waals surface area contributed by atoms with Crippen LogP contribution in [0.1, 0.15) is 110 Å². The zero-order valence-corrected chi connectivity index (χ0v) is 16.3. The Bertz CT molecular complexity index is 412. The van der Waals surface area contributed by atoms with Gasteiger partial charge in [0.15, 0.2) is 0 Å². The first-order valence-electron chi connectivity index (χ1n) is 10.8. The molecule has 1 aliphatic rings. The number of unbranched alkanes of at least 4 members (excludes halogenated alkanes) is 9. The van der Waals surface area contributed by atoms with E-state index in [4.69, 9.17) is 0 Å². The maximum Gasteiger partial charge on any atom is 0.0951 e. The summed E-state index contributed by atoms with van der Waals surface area (Å²) < 4.78 is 2.44. The Morgan fingerprint density at radius 3 is 2.25 bits per heavy atom. The molecule has 2 heteroatoms. The van der Waals surface area contributed by atoms with E-state index in [-0.39, 0.29) is 0 Å². The van der Waals surface area contributed by atoms with E-state index in [0.717, 1.165) is 5.92 Å². The summed E-state index contributed by atoms with van der Waals surface area (Å²) in [7, 11) is 0. The average molecular weight is 333 g/mol. The molecule has 0 spiro atoms. The quantitative estimate of drug-likeness (QED) is 0.373. The summed E-state index contributed by atoms with van der Waals surface area (Å²) in [6, 6.07) is 0. The van der Waals surface area contributed by atoms with Crippen LogP contribution in [-0.4, -0.2) is 9.55 Å². The number of aromatic nitrogens is 2. The third-order valence-corrected chi connectivity index (χ3v) is 6.12. The highest BCUT2D eigenvalue weighted by Gasteiger charge is 2.35. The van der Waals surface area contributed by atoms with E-state index in [1.807, 2.05) is 6.20 Å². The van der Waals surface area contributed by atoms with Crippen LogP contribution in [0, 0.1) is 5.92 Å². The van der Waals surface area contributed by atoms with E-state index in [0.29, 0.717) is 5.54 Å². The van der Waals surface area contributed by atoms with Crippen molar-refractivity contribution in [3.8, 4) is 0 Å². The number of rotatable bonds is 12. The first-order valence-corrected chi connectivity index (χ1v) is 10.8. The molecule has 0 bridgehead atoms. The van der Waals surface area contributed by atoms with Crippen molar-refractivity contribution in [2.45, 2.75) is 116 Å². The van der Waals surface area contributed by atoms with Gasteiger partial charge >= 0.3 is 0 Å². The second kappa shape index (κ2) is 10.9. The summed E-state index contributed by atoms with van der Waals surface area (Å²) in [5.74, 6) is 0.865. The van der Waals surface area contributed by atoms with Gasteiger partial charge in [0.2, 0.25) is 0 Å². The zero-order chi connectivity index (χ0) is 17.1. The fraction of sp³-hybridized carbons (Fsp3) is 0.864. The topological polar surface area (TPSA) is 17.8 Å². The molecule has 0 radical (unpaired) electrons. The molecule has 1 fully saturated rings. The summed E-state index contributed by atoms with van der Waals surface area (Å²) in [4.78, 5) is 4.33. The minimum absolute atomic E-state index is 0.369. The summed E-state index contributed by atoms with van der Waals surface area (Å²) in [5.41, 5.74) is 0.369. The maximum absolute atomic E-state index is 4.33. The number of hydrogen-bond acceptors (Lipinski definition) is 1. The monoisotopic (exact) mass is 332 g/mol. The van der Waals surface area contributed by atoms with Gasteiger partial charge in [-0.3, -0.25) is 0 Å². The first kappa shape index (κ1) is 19.5. The van der Waals surface area contributed by atoms with Gasteiger partial charge in [0.05, 0.1) is 6.33 Å². The van der Waals surface area contributed by atoms with Crippen molar-refractivity contribution in [1.82, 2.24) is 9.55 Å². The van der Waals surface area contributed by atoms with Crippen LogP contribution in [0.5, 0.6) is 0 Å². The molecular weight excluding hydrogens is 292 g/mol. The van der Waals surface area contributed by atoms with Crippen molar-refractivity contribution in [2.75, 3.05) is 0 Å². The van der Waals surface area contributed by atoms with Gasteiger partial charge in [-0.25, -0.2) is 4.98 Å². The van der Waals surface area contributed by atoms with Crippen molar-refractivity contribution in [1.29, 1.82) is 0 Å². The molecule has 1 aromatic heterocycles. The molecule has 0 N–H and O–H groups in total. The lowest BCUT2D eigenvalue weighted by atomic mass is 9.73. The van der Waals surface area contributed by atoms with Gasteiger partial charge < -0.3 is 4.57 Å². The van der Waals surface area contributed by atoms with Gasteiger partial charge in [0.25, 0.3) is 0 Å². The Kier molecular flexibility index (Phi) is 8.91. The molecule has 138 valence electrons. The van der Waals surface area contributed by atoms with Crippen molar-refractivity contribution in [3.05, 3.63) is 18.7 Å². The molecule has 24 heavy (non-hydrogen) atoms. The highest BCUT2D eigenvalue weighted by atomic mass is 15.1. The molecule has 1 aliphatic carbocycles. The minimum Gasteiger partial charge on any atom is -0.331 e. The predicted octanol–water partition coefficient (Wildman–Crippen LogP) is 7.10. The van der Waals surface area contributed by atoms with Crippen molar-refractivity contribution < 1.29 is 0 Å². The molecule has 1 saturated carbocycles. The van der Waals surface area contributed by atoms with E-state index in [2.05, 4.69) is 35.9 Å². The maximum atomic E-state index is 4.33. The molecule has 0 amide bonds. The molecule has 0 aliphatic heterocycles. The first-order chi connectivity index (χ1) is 11.8. The number of hydrogen-bond donors (Lipinski definition) is 0. The predicted molar refractivity (Wildman–Crippen MR) is 104 cm³/mol. The van der Waals surface area contributed by atoms with Gasteiger partial charge in [-0.05, 0) is 25.2 Å². The molecule has 0 saturated heterocycles. The Morgan fingerprint density at radius 1 is 1.00 bits per heavy atom. The molecule has 2 atom stereocenters. The van der Waals surface area contributed by atoms with Crippen molar-refractivity contribution in [3.63, 3.8) is 0 Å². The summed E-state index contributed by atoms with van der Waals surface area (Å²) in [6.07, 6.45) is 27.3. The highest BCUT2D eigenvalue weighted by molar-refractivity contribution is 4.95. The second-order valence-electron chi connectivity index (χ2n) is 8.33. The Labute approximate surface area is 150 Å². The molecule has 1 heterocycles. The van der Waals surface area contributed by atoms with Crippen LogP contribution in [0.15, 0.2) is 18.7 Å². The van der Waals surface area contributed by atoms with Gasteiger partial charge in [-0.2, -0.15) is 0 Å². The van der Waals surface area contributed by atoms with Crippen LogP contribution < -0.4 is 0 Å². The van der Waals surface area contributed by atoms with Crippen LogP contribution >= 0.6 is 0 Å². The van der Waals surface area contributed by atoms with E-state index in [9.17, 15) is 0 Å². The Morgan fingerprint density at radius 2 is 1.67 bits per heavy atom. The van der Waals surface area contributed by atoms with Crippen LogP contribution in [0.2, 0.25) is 0 Å². The van der Waals surface area contributed by atoms with Crippen LogP contribution in [0.4, 0.5) is 0 Å². The van der Waals surface area contributed by atoms with Gasteiger partial charge in [-0.15, -0.1) is 0 Å².